The van der Waals surface area contributed by atoms with Gasteiger partial charge in [-0.25, -0.2) is 4.79 Å². The number of halogens is 1. The first-order valence-corrected chi connectivity index (χ1v) is 8.92. The molecule has 0 spiro atoms. The van der Waals surface area contributed by atoms with Crippen LogP contribution in [0.25, 0.3) is 16.6 Å². The number of carbonyl (C=O) groups excluding carboxylic acids is 1. The summed E-state index contributed by atoms with van der Waals surface area (Å²) in [4.78, 5) is 11.8. The van der Waals surface area contributed by atoms with E-state index in [1.54, 1.807) is 6.07 Å². The maximum absolute atomic E-state index is 11.8. The maximum Gasteiger partial charge on any atom is 0.407 e. The van der Waals surface area contributed by atoms with Crippen molar-refractivity contribution in [2.75, 3.05) is 0 Å². The van der Waals surface area contributed by atoms with Crippen LogP contribution in [0.1, 0.15) is 32.0 Å². The van der Waals surface area contributed by atoms with Gasteiger partial charge in [0.05, 0.1) is 5.52 Å². The third-order valence-electron chi connectivity index (χ3n) is 3.91. The van der Waals surface area contributed by atoms with Gasteiger partial charge in [0.25, 0.3) is 0 Å². The van der Waals surface area contributed by atoms with Crippen LogP contribution in [-0.4, -0.2) is 16.3 Å². The van der Waals surface area contributed by atoms with E-state index in [2.05, 4.69) is 11.4 Å². The molecule has 1 heterocycles. The number of rotatable bonds is 3. The van der Waals surface area contributed by atoms with Gasteiger partial charge in [-0.2, -0.15) is 5.26 Å². The van der Waals surface area contributed by atoms with E-state index in [0.29, 0.717) is 17.3 Å². The van der Waals surface area contributed by atoms with Crippen LogP contribution in [0.2, 0.25) is 5.02 Å². The lowest BCUT2D eigenvalue weighted by Gasteiger charge is -2.19. The predicted molar refractivity (Wildman–Crippen MR) is 106 cm³/mol. The van der Waals surface area contributed by atoms with E-state index >= 15 is 0 Å². The highest BCUT2D eigenvalue weighted by Crippen LogP contribution is 2.26. The topological polar surface area (TPSA) is 67.0 Å². The molecule has 0 atom stereocenters. The number of ether oxygens (including phenoxy) is 1. The zero-order valence-electron chi connectivity index (χ0n) is 15.4. The fraction of sp³-hybridized carbons (Fsp3) is 0.238. The van der Waals surface area contributed by atoms with Crippen molar-refractivity contribution in [1.82, 2.24) is 9.88 Å². The van der Waals surface area contributed by atoms with Crippen molar-refractivity contribution < 1.29 is 9.53 Å². The lowest BCUT2D eigenvalue weighted by molar-refractivity contribution is 0.0523. The fourth-order valence-corrected chi connectivity index (χ4v) is 2.98. The molecule has 1 N–H and O–H groups in total. The van der Waals surface area contributed by atoms with Gasteiger partial charge in [0.2, 0.25) is 0 Å². The largest absolute Gasteiger partial charge is 0.444 e. The van der Waals surface area contributed by atoms with Crippen LogP contribution >= 0.6 is 11.6 Å². The highest BCUT2D eigenvalue weighted by molar-refractivity contribution is 6.31. The van der Waals surface area contributed by atoms with Crippen LogP contribution in [0.4, 0.5) is 4.79 Å². The number of hydrogen-bond donors (Lipinski definition) is 1. The van der Waals surface area contributed by atoms with Gasteiger partial charge in [-0.05, 0) is 62.7 Å². The van der Waals surface area contributed by atoms with Gasteiger partial charge in [0.15, 0.2) is 0 Å². The Kier molecular flexibility index (Phi) is 5.11. The molecule has 0 aliphatic heterocycles. The molecule has 0 fully saturated rings. The third kappa shape index (κ3) is 4.42. The molecule has 138 valence electrons. The zero-order valence-corrected chi connectivity index (χ0v) is 16.2. The summed E-state index contributed by atoms with van der Waals surface area (Å²) in [5, 5.41) is 13.8. The quantitative estimate of drug-likeness (QED) is 0.679. The molecular weight excluding hydrogens is 362 g/mol. The van der Waals surface area contributed by atoms with E-state index in [1.807, 2.05) is 67.8 Å². The summed E-state index contributed by atoms with van der Waals surface area (Å²) in [6.45, 7) is 5.83. The summed E-state index contributed by atoms with van der Waals surface area (Å²) in [7, 11) is 0. The lowest BCUT2D eigenvalue weighted by atomic mass is 10.2. The summed E-state index contributed by atoms with van der Waals surface area (Å²) in [6, 6.07) is 17.3. The number of nitriles is 1. The Balaban J connectivity index is 1.81. The second kappa shape index (κ2) is 7.34. The van der Waals surface area contributed by atoms with Crippen LogP contribution in [0.5, 0.6) is 0 Å². The van der Waals surface area contributed by atoms with Gasteiger partial charge in [0.1, 0.15) is 17.4 Å². The molecular formula is C21H20ClN3O2. The number of amides is 1. The molecule has 0 unspecified atom stereocenters. The van der Waals surface area contributed by atoms with Crippen molar-refractivity contribution in [3.63, 3.8) is 0 Å². The predicted octanol–water partition coefficient (Wildman–Crippen LogP) is 5.18. The van der Waals surface area contributed by atoms with Crippen molar-refractivity contribution >= 4 is 28.6 Å². The summed E-state index contributed by atoms with van der Waals surface area (Å²) in [5.41, 5.74) is 2.72. The van der Waals surface area contributed by atoms with Gasteiger partial charge in [-0.3, -0.25) is 0 Å². The number of nitrogens with one attached hydrogen (secondary N) is 1. The standard InChI is InChI=1S/C21H20ClN3O2/c1-21(2,3)27-20(26)24-13-14-4-7-17(8-5-14)25-18(12-23)11-15-10-16(22)6-9-19(15)25/h4-11H,13H2,1-3H3,(H,24,26). The molecule has 3 rings (SSSR count). The highest BCUT2D eigenvalue weighted by Gasteiger charge is 2.16. The summed E-state index contributed by atoms with van der Waals surface area (Å²) < 4.78 is 7.11. The van der Waals surface area contributed by atoms with Gasteiger partial charge >= 0.3 is 6.09 Å². The molecule has 0 aliphatic rings. The maximum atomic E-state index is 11.8. The van der Waals surface area contributed by atoms with Gasteiger partial charge in [0, 0.05) is 22.6 Å². The normalized spacial score (nSPS) is 11.2. The molecule has 5 nitrogen and oxygen atoms in total. The minimum atomic E-state index is -0.528. The molecule has 6 heteroatoms. The molecule has 0 saturated heterocycles. The average molecular weight is 382 g/mol. The molecule has 3 aromatic rings. The van der Waals surface area contributed by atoms with E-state index in [1.165, 1.54) is 0 Å². The van der Waals surface area contributed by atoms with Gasteiger partial charge in [-0.15, -0.1) is 0 Å². The molecule has 0 bridgehead atoms. The minimum absolute atomic E-state index is 0.363. The molecule has 1 amide bonds. The molecule has 0 radical (unpaired) electrons. The third-order valence-corrected chi connectivity index (χ3v) is 4.14. The van der Waals surface area contributed by atoms with Gasteiger partial charge < -0.3 is 14.6 Å². The Labute approximate surface area is 163 Å². The lowest BCUT2D eigenvalue weighted by Crippen LogP contribution is -2.32. The number of alkyl carbamates (subject to hydrolysis) is 1. The molecule has 0 saturated carbocycles. The van der Waals surface area contributed by atoms with Crippen molar-refractivity contribution in [1.29, 1.82) is 5.26 Å². The molecule has 1 aromatic heterocycles. The van der Waals surface area contributed by atoms with Crippen LogP contribution in [0, 0.1) is 11.3 Å². The second-order valence-electron chi connectivity index (χ2n) is 7.20. The highest BCUT2D eigenvalue weighted by atomic mass is 35.5. The minimum Gasteiger partial charge on any atom is -0.444 e. The number of carbonyl (C=O) groups is 1. The van der Waals surface area contributed by atoms with Crippen LogP contribution in [0.3, 0.4) is 0 Å². The summed E-state index contributed by atoms with van der Waals surface area (Å²) in [5.74, 6) is 0. The first kappa shape index (κ1) is 18.8. The Morgan fingerprint density at radius 2 is 1.89 bits per heavy atom. The zero-order chi connectivity index (χ0) is 19.6. The Bertz CT molecular complexity index is 1020. The Morgan fingerprint density at radius 3 is 2.52 bits per heavy atom. The van der Waals surface area contributed by atoms with E-state index < -0.39 is 11.7 Å². The van der Waals surface area contributed by atoms with Crippen molar-refractivity contribution in [2.24, 2.45) is 0 Å². The first-order chi connectivity index (χ1) is 12.8. The molecule has 0 aliphatic carbocycles. The fourth-order valence-electron chi connectivity index (χ4n) is 2.80. The number of aromatic nitrogens is 1. The monoisotopic (exact) mass is 381 g/mol. The Morgan fingerprint density at radius 1 is 1.19 bits per heavy atom. The van der Waals surface area contributed by atoms with E-state index in [9.17, 15) is 10.1 Å². The number of fused-ring (bicyclic) bond motifs is 1. The van der Waals surface area contributed by atoms with E-state index in [-0.39, 0.29) is 0 Å². The van der Waals surface area contributed by atoms with Crippen LogP contribution in [0.15, 0.2) is 48.5 Å². The summed E-state index contributed by atoms with van der Waals surface area (Å²) in [6.07, 6.45) is -0.452. The van der Waals surface area contributed by atoms with Crippen molar-refractivity contribution in [3.8, 4) is 11.8 Å². The Hall–Kier alpha value is -2.97. The average Bonchev–Trinajstić information content (AvgIpc) is 2.96. The second-order valence-corrected chi connectivity index (χ2v) is 7.64. The van der Waals surface area contributed by atoms with Gasteiger partial charge in [-0.1, -0.05) is 23.7 Å². The molecule has 2 aromatic carbocycles. The number of benzene rings is 2. The number of hydrogen-bond acceptors (Lipinski definition) is 3. The van der Waals surface area contributed by atoms with Crippen molar-refractivity contribution in [2.45, 2.75) is 32.9 Å². The van der Waals surface area contributed by atoms with Crippen molar-refractivity contribution in [3.05, 3.63) is 64.8 Å². The SMILES string of the molecule is CC(C)(C)OC(=O)NCc1ccc(-n2c(C#N)cc3cc(Cl)ccc32)cc1. The van der Waals surface area contributed by atoms with Crippen LogP contribution in [-0.2, 0) is 11.3 Å². The van der Waals surface area contributed by atoms with E-state index in [0.717, 1.165) is 22.2 Å². The van der Waals surface area contributed by atoms with E-state index in [4.69, 9.17) is 16.3 Å². The smallest absolute Gasteiger partial charge is 0.407 e. The number of nitrogens with zero attached hydrogens (tertiary/aromatic N) is 2. The summed E-state index contributed by atoms with van der Waals surface area (Å²) >= 11 is 6.05. The molecule has 27 heavy (non-hydrogen) atoms. The van der Waals surface area contributed by atoms with Crippen LogP contribution < -0.4 is 5.32 Å². The first-order valence-electron chi connectivity index (χ1n) is 8.54.